The fourth-order valence-electron chi connectivity index (χ4n) is 2.23. The maximum Gasteiger partial charge on any atom is 0.165 e. The summed E-state index contributed by atoms with van der Waals surface area (Å²) in [6, 6.07) is 6.64. The third kappa shape index (κ3) is 4.16. The van der Waals surface area contributed by atoms with E-state index in [0.717, 1.165) is 19.6 Å². The molecule has 4 nitrogen and oxygen atoms in total. The van der Waals surface area contributed by atoms with E-state index in [1.165, 1.54) is 6.07 Å². The first kappa shape index (κ1) is 14.2. The van der Waals surface area contributed by atoms with Gasteiger partial charge < -0.3 is 15.2 Å². The van der Waals surface area contributed by atoms with Gasteiger partial charge in [-0.3, -0.25) is 4.90 Å². The van der Waals surface area contributed by atoms with E-state index in [1.54, 1.807) is 18.2 Å². The van der Waals surface area contributed by atoms with Crippen molar-refractivity contribution in [3.63, 3.8) is 0 Å². The van der Waals surface area contributed by atoms with E-state index in [-0.39, 0.29) is 12.4 Å². The third-order valence-corrected chi connectivity index (χ3v) is 3.35. The van der Waals surface area contributed by atoms with Crippen LogP contribution in [0.25, 0.3) is 0 Å². The van der Waals surface area contributed by atoms with Gasteiger partial charge >= 0.3 is 0 Å². The highest BCUT2D eigenvalue weighted by Gasteiger charge is 2.20. The maximum absolute atomic E-state index is 13.3. The van der Waals surface area contributed by atoms with Crippen LogP contribution in [-0.4, -0.2) is 54.9 Å². The maximum atomic E-state index is 13.3. The van der Waals surface area contributed by atoms with Crippen LogP contribution in [-0.2, 0) is 0 Å². The predicted octanol–water partition coefficient (Wildman–Crippen LogP) is 0.859. The molecule has 0 bridgehead atoms. The minimum Gasteiger partial charge on any atom is -0.488 e. The Morgan fingerprint density at radius 3 is 3.05 bits per heavy atom. The van der Waals surface area contributed by atoms with Crippen LogP contribution < -0.4 is 10.1 Å². The van der Waals surface area contributed by atoms with E-state index >= 15 is 0 Å². The van der Waals surface area contributed by atoms with Gasteiger partial charge in [0.2, 0.25) is 0 Å². The number of rotatable bonds is 5. The molecule has 1 fully saturated rings. The minimum atomic E-state index is -0.611. The molecule has 1 aliphatic heterocycles. The van der Waals surface area contributed by atoms with Gasteiger partial charge in [-0.25, -0.2) is 4.39 Å². The van der Waals surface area contributed by atoms with E-state index < -0.39 is 11.9 Å². The van der Waals surface area contributed by atoms with Gasteiger partial charge in [0.25, 0.3) is 0 Å². The van der Waals surface area contributed by atoms with Gasteiger partial charge in [0.05, 0.1) is 0 Å². The first-order valence-electron chi connectivity index (χ1n) is 6.67. The zero-order valence-corrected chi connectivity index (χ0v) is 11.2. The van der Waals surface area contributed by atoms with Crippen LogP contribution in [0.5, 0.6) is 5.75 Å². The molecule has 1 aromatic rings. The molecule has 1 aromatic carbocycles. The molecule has 0 radical (unpaired) electrons. The van der Waals surface area contributed by atoms with Gasteiger partial charge in [0.1, 0.15) is 12.7 Å². The number of hydrogen-bond donors (Lipinski definition) is 2. The first-order chi connectivity index (χ1) is 9.16. The van der Waals surface area contributed by atoms with Crippen molar-refractivity contribution in [2.75, 3.05) is 32.8 Å². The first-order valence-corrected chi connectivity index (χ1v) is 6.67. The molecule has 0 aromatic heterocycles. The molecule has 19 heavy (non-hydrogen) atoms. The molecule has 1 aliphatic rings. The molecule has 5 heteroatoms. The summed E-state index contributed by atoms with van der Waals surface area (Å²) in [7, 11) is 0. The van der Waals surface area contributed by atoms with Crippen LogP contribution in [0.4, 0.5) is 4.39 Å². The summed E-state index contributed by atoms with van der Waals surface area (Å²) in [6.07, 6.45) is -0.611. The smallest absolute Gasteiger partial charge is 0.165 e. The van der Waals surface area contributed by atoms with Crippen molar-refractivity contribution in [3.05, 3.63) is 30.1 Å². The number of nitrogens with zero attached hydrogens (tertiary/aromatic N) is 1. The fourth-order valence-corrected chi connectivity index (χ4v) is 2.23. The van der Waals surface area contributed by atoms with Crippen molar-refractivity contribution in [2.24, 2.45) is 0 Å². The van der Waals surface area contributed by atoms with Crippen LogP contribution in [0.1, 0.15) is 6.92 Å². The summed E-state index contributed by atoms with van der Waals surface area (Å²) in [5, 5.41) is 13.3. The average Bonchev–Trinajstić information content (AvgIpc) is 2.40. The molecule has 0 spiro atoms. The predicted molar refractivity (Wildman–Crippen MR) is 71.8 cm³/mol. The number of piperazine rings is 1. The zero-order chi connectivity index (χ0) is 13.7. The molecule has 2 N–H and O–H groups in total. The number of ether oxygens (including phenoxy) is 1. The minimum absolute atomic E-state index is 0.109. The van der Waals surface area contributed by atoms with Crippen molar-refractivity contribution >= 4 is 0 Å². The number of nitrogens with one attached hydrogen (secondary N) is 1. The van der Waals surface area contributed by atoms with Crippen molar-refractivity contribution < 1.29 is 14.2 Å². The van der Waals surface area contributed by atoms with Crippen molar-refractivity contribution in [3.8, 4) is 5.75 Å². The lowest BCUT2D eigenvalue weighted by molar-refractivity contribution is 0.0467. The summed E-state index contributed by atoms with van der Waals surface area (Å²) >= 11 is 0. The van der Waals surface area contributed by atoms with Crippen molar-refractivity contribution in [2.45, 2.75) is 19.1 Å². The van der Waals surface area contributed by atoms with Gasteiger partial charge in [-0.1, -0.05) is 12.1 Å². The lowest BCUT2D eigenvalue weighted by Crippen LogP contribution is -2.52. The van der Waals surface area contributed by atoms with E-state index in [4.69, 9.17) is 4.74 Å². The fraction of sp³-hybridized carbons (Fsp3) is 0.571. The molecule has 1 saturated heterocycles. The number of aliphatic hydroxyl groups is 1. The standard InChI is InChI=1S/C14H21FN2O2/c1-11-8-16-6-7-17(11)9-12(18)10-19-14-5-3-2-4-13(14)15/h2-5,11-12,16,18H,6-10H2,1H3/t11-,12-/m0/s1. The molecule has 0 saturated carbocycles. The second kappa shape index (κ2) is 6.84. The number of β-amino-alcohol motifs (C(OH)–C–C–N with tert-alkyl or cyclic N) is 1. The number of para-hydroxylation sites is 1. The Hall–Kier alpha value is -1.17. The average molecular weight is 268 g/mol. The number of benzene rings is 1. The van der Waals surface area contributed by atoms with Gasteiger partial charge in [-0.15, -0.1) is 0 Å². The molecular weight excluding hydrogens is 247 g/mol. The molecule has 1 heterocycles. The summed E-state index contributed by atoms with van der Waals surface area (Å²) < 4.78 is 18.6. The molecule has 2 rings (SSSR count). The highest BCUT2D eigenvalue weighted by Crippen LogP contribution is 2.15. The van der Waals surface area contributed by atoms with E-state index in [9.17, 15) is 9.50 Å². The topological polar surface area (TPSA) is 44.7 Å². The molecule has 2 atom stereocenters. The number of aliphatic hydroxyl groups excluding tert-OH is 1. The summed E-state index contributed by atoms with van der Waals surface area (Å²) in [5.74, 6) is -0.208. The molecule has 0 unspecified atom stereocenters. The normalized spacial score (nSPS) is 22.2. The van der Waals surface area contributed by atoms with E-state index in [1.807, 2.05) is 0 Å². The zero-order valence-electron chi connectivity index (χ0n) is 11.2. The third-order valence-electron chi connectivity index (χ3n) is 3.35. The Balaban J connectivity index is 1.78. The number of halogens is 1. The highest BCUT2D eigenvalue weighted by molar-refractivity contribution is 5.23. The van der Waals surface area contributed by atoms with Gasteiger partial charge in [-0.05, 0) is 19.1 Å². The molecular formula is C14H21FN2O2. The Bertz CT molecular complexity index is 403. The van der Waals surface area contributed by atoms with Crippen LogP contribution >= 0.6 is 0 Å². The Morgan fingerprint density at radius 1 is 1.53 bits per heavy atom. The second-order valence-corrected chi connectivity index (χ2v) is 4.94. The van der Waals surface area contributed by atoms with Crippen LogP contribution in [0.3, 0.4) is 0 Å². The summed E-state index contributed by atoms with van der Waals surface area (Å²) in [5.41, 5.74) is 0. The summed E-state index contributed by atoms with van der Waals surface area (Å²) in [4.78, 5) is 2.21. The van der Waals surface area contributed by atoms with Gasteiger partial charge in [0, 0.05) is 32.2 Å². The lowest BCUT2D eigenvalue weighted by atomic mass is 10.2. The molecule has 0 aliphatic carbocycles. The summed E-state index contributed by atoms with van der Waals surface area (Å²) in [6.45, 7) is 5.57. The van der Waals surface area contributed by atoms with Gasteiger partial charge in [-0.2, -0.15) is 0 Å². The van der Waals surface area contributed by atoms with Crippen molar-refractivity contribution in [1.82, 2.24) is 10.2 Å². The SMILES string of the molecule is C[C@H]1CNCCN1C[C@H](O)COc1ccccc1F. The highest BCUT2D eigenvalue weighted by atomic mass is 19.1. The van der Waals surface area contributed by atoms with Crippen LogP contribution in [0.2, 0.25) is 0 Å². The largest absolute Gasteiger partial charge is 0.488 e. The van der Waals surface area contributed by atoms with Crippen LogP contribution in [0.15, 0.2) is 24.3 Å². The Labute approximate surface area is 113 Å². The second-order valence-electron chi connectivity index (χ2n) is 4.94. The molecule has 0 amide bonds. The monoisotopic (exact) mass is 268 g/mol. The van der Waals surface area contributed by atoms with E-state index in [0.29, 0.717) is 12.6 Å². The lowest BCUT2D eigenvalue weighted by Gasteiger charge is -2.35. The molecule has 106 valence electrons. The van der Waals surface area contributed by atoms with Crippen molar-refractivity contribution in [1.29, 1.82) is 0 Å². The Morgan fingerprint density at radius 2 is 2.32 bits per heavy atom. The van der Waals surface area contributed by atoms with Crippen LogP contribution in [0, 0.1) is 5.82 Å². The Kier molecular flexibility index (Phi) is 5.13. The van der Waals surface area contributed by atoms with E-state index in [2.05, 4.69) is 17.1 Å². The quantitative estimate of drug-likeness (QED) is 0.831. The number of hydrogen-bond acceptors (Lipinski definition) is 4. The van der Waals surface area contributed by atoms with Gasteiger partial charge in [0.15, 0.2) is 11.6 Å².